The van der Waals surface area contributed by atoms with E-state index in [4.69, 9.17) is 32.7 Å². The lowest BCUT2D eigenvalue weighted by molar-refractivity contribution is -0.384. The number of carbonyl (C=O) groups is 1. The van der Waals surface area contributed by atoms with E-state index in [1.165, 1.54) is 35.0 Å². The fourth-order valence-electron chi connectivity index (χ4n) is 8.83. The molecule has 2 aliphatic heterocycles. The number of hydrogen-bond donors (Lipinski definition) is 3. The van der Waals surface area contributed by atoms with E-state index in [-0.39, 0.29) is 40.8 Å². The minimum atomic E-state index is -4.68. The van der Waals surface area contributed by atoms with Crippen molar-refractivity contribution in [3.63, 3.8) is 0 Å². The van der Waals surface area contributed by atoms with Gasteiger partial charge in [0.1, 0.15) is 23.8 Å². The molecule has 4 aromatic carbocycles. The van der Waals surface area contributed by atoms with E-state index in [1.807, 2.05) is 30.3 Å². The highest BCUT2D eigenvalue weighted by atomic mass is 35.5. The van der Waals surface area contributed by atoms with Crippen molar-refractivity contribution >= 4 is 72.8 Å². The van der Waals surface area contributed by atoms with Crippen molar-refractivity contribution in [2.24, 2.45) is 5.41 Å². The molecule has 2 aromatic heterocycles. The van der Waals surface area contributed by atoms with E-state index in [9.17, 15) is 23.3 Å². The molecule has 0 unspecified atom stereocenters. The quantitative estimate of drug-likeness (QED) is 0.0788. The number of sulfonamides is 1. The molecule has 0 spiro atoms. The van der Waals surface area contributed by atoms with Gasteiger partial charge in [-0.3, -0.25) is 19.8 Å². The second-order valence-electron chi connectivity index (χ2n) is 17.5. The predicted molar refractivity (Wildman–Crippen MR) is 253 cm³/mol. The molecule has 1 aliphatic carbocycles. The van der Waals surface area contributed by atoms with Crippen LogP contribution in [0.2, 0.25) is 10.0 Å². The predicted octanol–water partition coefficient (Wildman–Crippen LogP) is 9.89. The maximum atomic E-state index is 14.1. The minimum Gasteiger partial charge on any atom is -0.489 e. The number of nitro benzene ring substituents is 1. The van der Waals surface area contributed by atoms with Crippen LogP contribution in [-0.4, -0.2) is 79.5 Å². The number of aromatic amines is 1. The maximum absolute atomic E-state index is 14.1. The van der Waals surface area contributed by atoms with Crippen molar-refractivity contribution in [1.29, 1.82) is 0 Å². The number of rotatable bonds is 12. The Morgan fingerprint density at radius 1 is 1.02 bits per heavy atom. The third-order valence-electron chi connectivity index (χ3n) is 12.3. The van der Waals surface area contributed by atoms with Gasteiger partial charge in [-0.15, -0.1) is 0 Å². The third-order valence-corrected chi connectivity index (χ3v) is 14.3. The highest BCUT2D eigenvalue weighted by molar-refractivity contribution is 7.90. The fourth-order valence-corrected chi connectivity index (χ4v) is 10.2. The topological polar surface area (TPSA) is 172 Å². The van der Waals surface area contributed by atoms with Crippen molar-refractivity contribution in [3.05, 3.63) is 146 Å². The van der Waals surface area contributed by atoms with Gasteiger partial charge in [-0.1, -0.05) is 73.0 Å². The third kappa shape index (κ3) is 9.79. The van der Waals surface area contributed by atoms with Gasteiger partial charge < -0.3 is 24.7 Å². The number of fused-ring (bicyclic) bond motifs is 2. The fraction of sp³-hybridized carbons (Fsp3) is 0.292. The molecule has 9 rings (SSSR count). The first-order valence-corrected chi connectivity index (χ1v) is 23.6. The second kappa shape index (κ2) is 18.0. The van der Waals surface area contributed by atoms with Crippen LogP contribution in [0.3, 0.4) is 0 Å². The Bertz CT molecular complexity index is 2950. The van der Waals surface area contributed by atoms with Crippen LogP contribution in [0, 0.1) is 15.5 Å². The molecule has 17 heteroatoms. The molecule has 6 aromatic rings. The Kier molecular flexibility index (Phi) is 12.2. The van der Waals surface area contributed by atoms with Gasteiger partial charge in [0.05, 0.1) is 27.6 Å². The molecule has 1 atom stereocenters. The Balaban J connectivity index is 0.945. The highest BCUT2D eigenvalue weighted by Crippen LogP contribution is 2.44. The zero-order valence-corrected chi connectivity index (χ0v) is 38.1. The van der Waals surface area contributed by atoms with Gasteiger partial charge in [-0.25, -0.2) is 18.1 Å². The van der Waals surface area contributed by atoms with Gasteiger partial charge in [0.25, 0.3) is 21.6 Å². The number of amides is 1. The standard InChI is InChI=1S/C48H47Cl2N7O7S/c1-48(2)15-13-33(40(26-48)30-7-9-34(49)10-8-30)28-55-17-19-56(20-18-55)36-11-12-39(43(23-36)64-37-22-32-14-16-51-46(32)52-27-37)47(58)54-65(61,62)38-24-42(57(59)60)45-44(25-38)63-29-35(53-45)21-31-5-3-4-6-41(31)50/h3-12,14,16,22-25,27,35,53H,13,15,17-21,26,28-29H2,1-2H3,(H,51,52)(H,54,58)/t35-/m0/s1. The Labute approximate surface area is 386 Å². The molecular weight excluding hydrogens is 890 g/mol. The van der Waals surface area contributed by atoms with Crippen LogP contribution in [0.25, 0.3) is 16.6 Å². The Morgan fingerprint density at radius 3 is 2.57 bits per heavy atom. The smallest absolute Gasteiger partial charge is 0.297 e. The first kappa shape index (κ1) is 44.1. The molecule has 336 valence electrons. The average Bonchev–Trinajstić information content (AvgIpc) is 3.76. The lowest BCUT2D eigenvalue weighted by Crippen LogP contribution is -2.47. The SMILES string of the molecule is CC1(C)CCC(CN2CCN(c3ccc(C(=O)NS(=O)(=O)c4cc5c(c([N+](=O)[O-])c4)N[C@@H](Cc4ccccc4Cl)CO5)c(Oc4cnc5[nH]ccc5c4)c3)CC2)=C(c2ccc(Cl)cc2)C1. The number of ether oxygens (including phenoxy) is 2. The number of benzene rings is 4. The van der Waals surface area contributed by atoms with Crippen LogP contribution in [0.1, 0.15) is 54.6 Å². The number of piperazine rings is 1. The van der Waals surface area contributed by atoms with Crippen molar-refractivity contribution in [3.8, 4) is 17.2 Å². The summed E-state index contributed by atoms with van der Waals surface area (Å²) in [6, 6.07) is 25.7. The molecule has 3 N–H and O–H groups in total. The zero-order chi connectivity index (χ0) is 45.5. The van der Waals surface area contributed by atoms with Gasteiger partial charge in [0.2, 0.25) is 0 Å². The largest absolute Gasteiger partial charge is 0.489 e. The lowest BCUT2D eigenvalue weighted by atomic mass is 9.72. The van der Waals surface area contributed by atoms with Crippen LogP contribution >= 0.6 is 23.2 Å². The number of H-pyrrole nitrogens is 1. The van der Waals surface area contributed by atoms with Crippen molar-refractivity contribution in [2.75, 3.05) is 49.5 Å². The summed E-state index contributed by atoms with van der Waals surface area (Å²) in [4.78, 5) is 37.3. The normalized spacial score (nSPS) is 17.5. The van der Waals surface area contributed by atoms with E-state index in [0.717, 1.165) is 66.6 Å². The van der Waals surface area contributed by atoms with Crippen LogP contribution < -0.4 is 24.4 Å². The van der Waals surface area contributed by atoms with Gasteiger partial charge in [-0.2, -0.15) is 0 Å². The summed E-state index contributed by atoms with van der Waals surface area (Å²) in [5.41, 5.74) is 5.99. The number of pyridine rings is 1. The maximum Gasteiger partial charge on any atom is 0.297 e. The number of aromatic nitrogens is 2. The molecule has 0 bridgehead atoms. The highest BCUT2D eigenvalue weighted by Gasteiger charge is 2.33. The molecule has 0 radical (unpaired) electrons. The molecule has 0 saturated carbocycles. The molecular formula is C48H47Cl2N7O7S. The van der Waals surface area contributed by atoms with Crippen molar-refractivity contribution in [1.82, 2.24) is 19.6 Å². The number of allylic oxidation sites excluding steroid dienone is 1. The van der Waals surface area contributed by atoms with E-state index in [1.54, 1.807) is 36.5 Å². The number of nitrogens with one attached hydrogen (secondary N) is 3. The number of hydrogen-bond acceptors (Lipinski definition) is 11. The van der Waals surface area contributed by atoms with Crippen LogP contribution in [0.15, 0.2) is 114 Å². The molecule has 3 aliphatic rings. The molecule has 4 heterocycles. The van der Waals surface area contributed by atoms with Gasteiger partial charge in [-0.05, 0) is 90.3 Å². The van der Waals surface area contributed by atoms with Gasteiger partial charge >= 0.3 is 0 Å². The molecule has 1 fully saturated rings. The van der Waals surface area contributed by atoms with Crippen LogP contribution in [0.5, 0.6) is 17.2 Å². The van der Waals surface area contributed by atoms with Crippen molar-refractivity contribution < 1.29 is 27.6 Å². The summed E-state index contributed by atoms with van der Waals surface area (Å²) >= 11 is 12.6. The summed E-state index contributed by atoms with van der Waals surface area (Å²) < 4.78 is 42.2. The summed E-state index contributed by atoms with van der Waals surface area (Å²) in [6.07, 6.45) is 6.84. The number of carbonyl (C=O) groups excluding carboxylic acids is 1. The summed E-state index contributed by atoms with van der Waals surface area (Å²) in [7, 11) is -4.68. The first-order valence-electron chi connectivity index (χ1n) is 21.4. The van der Waals surface area contributed by atoms with E-state index < -0.39 is 31.4 Å². The van der Waals surface area contributed by atoms with Gasteiger partial charge in [0, 0.05) is 78.2 Å². The average molecular weight is 937 g/mol. The number of nitrogens with zero attached hydrogens (tertiary/aromatic N) is 4. The summed E-state index contributed by atoms with van der Waals surface area (Å²) in [5, 5.41) is 17.5. The second-order valence-corrected chi connectivity index (χ2v) is 20.0. The number of halogens is 2. The monoisotopic (exact) mass is 935 g/mol. The Morgan fingerprint density at radius 2 is 1.80 bits per heavy atom. The summed E-state index contributed by atoms with van der Waals surface area (Å²) in [5.74, 6) is -0.596. The molecule has 1 amide bonds. The number of nitro groups is 1. The van der Waals surface area contributed by atoms with Crippen molar-refractivity contribution in [2.45, 2.75) is 50.5 Å². The molecule has 65 heavy (non-hydrogen) atoms. The van der Waals surface area contributed by atoms with E-state index in [2.05, 4.69) is 55.8 Å². The summed E-state index contributed by atoms with van der Waals surface area (Å²) in [6.45, 7) is 8.64. The first-order chi connectivity index (χ1) is 31.2. The van der Waals surface area contributed by atoms with Crippen LogP contribution in [-0.2, 0) is 16.4 Å². The zero-order valence-electron chi connectivity index (χ0n) is 35.8. The molecule has 1 saturated heterocycles. The van der Waals surface area contributed by atoms with Crippen LogP contribution in [0.4, 0.5) is 17.1 Å². The van der Waals surface area contributed by atoms with Gasteiger partial charge in [0.15, 0.2) is 11.4 Å². The Hall–Kier alpha value is -6.13. The lowest BCUT2D eigenvalue weighted by Gasteiger charge is -2.39. The minimum absolute atomic E-state index is 0.0292. The molecule has 14 nitrogen and oxygen atoms in total. The van der Waals surface area contributed by atoms with E-state index >= 15 is 0 Å². The number of anilines is 2. The van der Waals surface area contributed by atoms with E-state index in [0.29, 0.717) is 35.9 Å².